The van der Waals surface area contributed by atoms with Gasteiger partial charge in [-0.25, -0.2) is 0 Å². The van der Waals surface area contributed by atoms with Crippen LogP contribution in [0.2, 0.25) is 5.02 Å². The topological polar surface area (TPSA) is 44.4 Å². The van der Waals surface area contributed by atoms with Crippen molar-refractivity contribution >= 4 is 17.5 Å². The third kappa shape index (κ3) is 6.21. The molecule has 8 heteroatoms. The minimum Gasteiger partial charge on any atom is -0.353 e. The molecule has 1 aliphatic heterocycles. The van der Waals surface area contributed by atoms with Gasteiger partial charge in [-0.1, -0.05) is 48.0 Å². The predicted octanol–water partition coefficient (Wildman–Crippen LogP) is 4.62. The molecule has 1 aliphatic rings. The Hall–Kier alpha value is -2.09. The zero-order chi connectivity index (χ0) is 22.6. The number of benzene rings is 2. The lowest BCUT2D eigenvalue weighted by molar-refractivity contribution is -0.138. The van der Waals surface area contributed by atoms with Crippen LogP contribution < -0.4 is 10.6 Å². The van der Waals surface area contributed by atoms with Crippen LogP contribution in [0.1, 0.15) is 37.0 Å². The van der Waals surface area contributed by atoms with Crippen LogP contribution in [-0.2, 0) is 24.1 Å². The van der Waals surface area contributed by atoms with Gasteiger partial charge >= 0.3 is 6.18 Å². The predicted molar refractivity (Wildman–Crippen MR) is 116 cm³/mol. The van der Waals surface area contributed by atoms with Gasteiger partial charge in [0.25, 0.3) is 0 Å². The molecule has 4 nitrogen and oxygen atoms in total. The zero-order valence-corrected chi connectivity index (χ0v) is 18.3. The van der Waals surface area contributed by atoms with Gasteiger partial charge < -0.3 is 10.6 Å². The van der Waals surface area contributed by atoms with Gasteiger partial charge in [0.2, 0.25) is 5.91 Å². The van der Waals surface area contributed by atoms with Crippen LogP contribution in [0, 0.1) is 0 Å². The highest BCUT2D eigenvalue weighted by atomic mass is 35.5. The molecule has 1 heterocycles. The maximum absolute atomic E-state index is 13.3. The number of halogens is 4. The van der Waals surface area contributed by atoms with Gasteiger partial charge in [0.1, 0.15) is 0 Å². The first-order valence-electron chi connectivity index (χ1n) is 10.3. The quantitative estimate of drug-likeness (QED) is 0.643. The summed E-state index contributed by atoms with van der Waals surface area (Å²) in [7, 11) is 0. The van der Waals surface area contributed by atoms with Gasteiger partial charge in [0, 0.05) is 36.7 Å². The number of carbonyl (C=O) groups excluding carboxylic acids is 1. The van der Waals surface area contributed by atoms with Crippen LogP contribution in [0.5, 0.6) is 0 Å². The molecule has 2 aromatic rings. The lowest BCUT2D eigenvalue weighted by Crippen LogP contribution is -2.45. The molecule has 0 spiro atoms. The number of rotatable bonds is 7. The van der Waals surface area contributed by atoms with Crippen molar-refractivity contribution in [3.8, 4) is 0 Å². The van der Waals surface area contributed by atoms with Crippen LogP contribution in [0.25, 0.3) is 0 Å². The fraction of sp³-hybridized carbons (Fsp3) is 0.435. The van der Waals surface area contributed by atoms with Gasteiger partial charge in [-0.05, 0) is 43.5 Å². The zero-order valence-electron chi connectivity index (χ0n) is 17.5. The van der Waals surface area contributed by atoms with Crippen molar-refractivity contribution < 1.29 is 18.0 Å². The number of nitrogens with zero attached hydrogens (tertiary/aromatic N) is 1. The summed E-state index contributed by atoms with van der Waals surface area (Å²) in [5.41, 5.74) is 0.472. The molecular formula is C23H27ClF3N3O. The molecule has 0 saturated carbocycles. The summed E-state index contributed by atoms with van der Waals surface area (Å²) in [6.45, 7) is 4.91. The summed E-state index contributed by atoms with van der Waals surface area (Å²) in [5, 5.41) is 6.80. The Morgan fingerprint density at radius 2 is 1.77 bits per heavy atom. The summed E-state index contributed by atoms with van der Waals surface area (Å²) in [6, 6.07) is 12.5. The average molecular weight is 454 g/mol. The summed E-state index contributed by atoms with van der Waals surface area (Å²) in [5.74, 6) is -0.0814. The molecule has 0 aromatic heterocycles. The lowest BCUT2D eigenvalue weighted by Gasteiger charge is -2.24. The van der Waals surface area contributed by atoms with E-state index in [-0.39, 0.29) is 36.1 Å². The van der Waals surface area contributed by atoms with Crippen LogP contribution in [0.4, 0.5) is 13.2 Å². The Morgan fingerprint density at radius 1 is 1.13 bits per heavy atom. The molecule has 0 aliphatic carbocycles. The normalized spacial score (nSPS) is 19.7. The Balaban J connectivity index is 1.73. The summed E-state index contributed by atoms with van der Waals surface area (Å²) >= 11 is 6.30. The molecule has 1 saturated heterocycles. The van der Waals surface area contributed by atoms with Crippen molar-refractivity contribution in [1.29, 1.82) is 0 Å². The second-order valence-corrected chi connectivity index (χ2v) is 8.58. The molecule has 2 aromatic carbocycles. The molecular weight excluding hydrogens is 427 g/mol. The van der Waals surface area contributed by atoms with Crippen LogP contribution in [0.3, 0.4) is 0 Å². The second kappa shape index (κ2) is 10.0. The van der Waals surface area contributed by atoms with E-state index in [1.807, 2.05) is 36.9 Å². The van der Waals surface area contributed by atoms with E-state index < -0.39 is 11.7 Å². The van der Waals surface area contributed by atoms with E-state index in [4.69, 9.17) is 11.6 Å². The number of likely N-dealkylation sites (tertiary alicyclic amines) is 1. The Morgan fingerprint density at radius 3 is 2.42 bits per heavy atom. The van der Waals surface area contributed by atoms with Crippen molar-refractivity contribution in [1.82, 2.24) is 15.5 Å². The fourth-order valence-corrected chi connectivity index (χ4v) is 4.13. The SMILES string of the molecule is CC(C)NC(=O)[C@@H]1C[C@H](NCc2ccccc2C(F)(F)F)CN1Cc1ccccc1Cl. The molecule has 0 unspecified atom stereocenters. The van der Waals surface area contributed by atoms with E-state index in [1.165, 1.54) is 12.1 Å². The highest BCUT2D eigenvalue weighted by Gasteiger charge is 2.37. The first-order chi connectivity index (χ1) is 14.6. The van der Waals surface area contributed by atoms with Crippen LogP contribution >= 0.6 is 11.6 Å². The number of hydrogen-bond donors (Lipinski definition) is 2. The molecule has 0 bridgehead atoms. The highest BCUT2D eigenvalue weighted by molar-refractivity contribution is 6.31. The lowest BCUT2D eigenvalue weighted by atomic mass is 10.1. The Bertz CT molecular complexity index is 904. The summed E-state index contributed by atoms with van der Waals surface area (Å²) in [6.07, 6.45) is -3.89. The molecule has 1 fully saturated rings. The molecule has 2 N–H and O–H groups in total. The monoisotopic (exact) mass is 453 g/mol. The molecule has 3 rings (SSSR count). The van der Waals surface area contributed by atoms with Gasteiger partial charge in [-0.15, -0.1) is 0 Å². The van der Waals surface area contributed by atoms with E-state index in [2.05, 4.69) is 10.6 Å². The molecule has 31 heavy (non-hydrogen) atoms. The largest absolute Gasteiger partial charge is 0.416 e. The average Bonchev–Trinajstić information content (AvgIpc) is 3.10. The van der Waals surface area contributed by atoms with E-state index in [1.54, 1.807) is 12.1 Å². The van der Waals surface area contributed by atoms with E-state index in [0.29, 0.717) is 24.5 Å². The highest BCUT2D eigenvalue weighted by Crippen LogP contribution is 2.32. The van der Waals surface area contributed by atoms with Crippen molar-refractivity contribution in [3.05, 3.63) is 70.2 Å². The van der Waals surface area contributed by atoms with Crippen molar-refractivity contribution in [2.75, 3.05) is 6.54 Å². The van der Waals surface area contributed by atoms with Gasteiger partial charge in [-0.3, -0.25) is 9.69 Å². The first-order valence-corrected chi connectivity index (χ1v) is 10.7. The molecule has 1 amide bonds. The van der Waals surface area contributed by atoms with Crippen molar-refractivity contribution in [2.24, 2.45) is 0 Å². The summed E-state index contributed by atoms with van der Waals surface area (Å²) < 4.78 is 39.8. The van der Waals surface area contributed by atoms with Crippen molar-refractivity contribution in [3.63, 3.8) is 0 Å². The Kier molecular flexibility index (Phi) is 7.62. The van der Waals surface area contributed by atoms with E-state index in [0.717, 1.165) is 11.6 Å². The smallest absolute Gasteiger partial charge is 0.353 e. The van der Waals surface area contributed by atoms with E-state index >= 15 is 0 Å². The maximum atomic E-state index is 13.3. The first kappa shape index (κ1) is 23.6. The number of amides is 1. The standard InChI is InChI=1S/C23H27ClF3N3O/c1-15(2)29-22(31)21-11-18(14-30(21)13-17-8-4-6-10-20(17)24)28-12-16-7-3-5-9-19(16)23(25,26)27/h3-10,15,18,21,28H,11-14H2,1-2H3,(H,29,31)/t18-,21-/m0/s1. The second-order valence-electron chi connectivity index (χ2n) is 8.17. The summed E-state index contributed by atoms with van der Waals surface area (Å²) in [4.78, 5) is 14.8. The minimum atomic E-state index is -4.40. The molecule has 2 atom stereocenters. The third-order valence-corrected chi connectivity index (χ3v) is 5.74. The number of carbonyl (C=O) groups is 1. The van der Waals surface area contributed by atoms with Crippen LogP contribution in [-0.4, -0.2) is 35.5 Å². The van der Waals surface area contributed by atoms with Gasteiger partial charge in [0.15, 0.2) is 0 Å². The van der Waals surface area contributed by atoms with Gasteiger partial charge in [-0.2, -0.15) is 13.2 Å². The van der Waals surface area contributed by atoms with Gasteiger partial charge in [0.05, 0.1) is 11.6 Å². The number of nitrogens with one attached hydrogen (secondary N) is 2. The van der Waals surface area contributed by atoms with Crippen molar-refractivity contribution in [2.45, 2.75) is 57.7 Å². The van der Waals surface area contributed by atoms with E-state index in [9.17, 15) is 18.0 Å². The molecule has 0 radical (unpaired) electrons. The third-order valence-electron chi connectivity index (χ3n) is 5.37. The van der Waals surface area contributed by atoms with Crippen LogP contribution in [0.15, 0.2) is 48.5 Å². The maximum Gasteiger partial charge on any atom is 0.416 e. The number of hydrogen-bond acceptors (Lipinski definition) is 3. The minimum absolute atomic E-state index is 0.000310. The number of alkyl halides is 3. The molecule has 168 valence electrons. The Labute approximate surface area is 185 Å². The fourth-order valence-electron chi connectivity index (χ4n) is 3.93.